The number of fused-ring (bicyclic) bond motifs is 1. The van der Waals surface area contributed by atoms with Gasteiger partial charge in [0.05, 0.1) is 23.8 Å². The van der Waals surface area contributed by atoms with E-state index in [0.717, 1.165) is 11.0 Å². The molecule has 0 fully saturated rings. The molecule has 0 unspecified atom stereocenters. The Kier molecular flexibility index (Phi) is 2.37. The van der Waals surface area contributed by atoms with Crippen molar-refractivity contribution in [2.75, 3.05) is 6.61 Å². The number of aromatic nitrogens is 3. The van der Waals surface area contributed by atoms with Crippen molar-refractivity contribution >= 4 is 17.0 Å². The average molecular weight is 205 g/mol. The number of pyridine rings is 1. The van der Waals surface area contributed by atoms with Crippen LogP contribution in [0.5, 0.6) is 0 Å². The number of carbonyl (C=O) groups is 1. The van der Waals surface area contributed by atoms with Gasteiger partial charge in [-0.15, -0.1) is 0 Å². The molecule has 2 heterocycles. The van der Waals surface area contributed by atoms with Crippen LogP contribution in [-0.2, 0) is 11.8 Å². The van der Waals surface area contributed by atoms with Crippen LogP contribution in [0.2, 0.25) is 0 Å². The second kappa shape index (κ2) is 3.68. The van der Waals surface area contributed by atoms with Gasteiger partial charge in [0, 0.05) is 13.2 Å². The van der Waals surface area contributed by atoms with Crippen molar-refractivity contribution in [1.82, 2.24) is 14.5 Å². The highest BCUT2D eigenvalue weighted by atomic mass is 16.5. The van der Waals surface area contributed by atoms with E-state index in [0.29, 0.717) is 12.4 Å². The molecule has 2 aromatic heterocycles. The van der Waals surface area contributed by atoms with Crippen LogP contribution in [0, 0.1) is 0 Å². The Balaban J connectivity index is 2.53. The first-order valence-corrected chi connectivity index (χ1v) is 4.67. The number of imidazole rings is 1. The summed E-state index contributed by atoms with van der Waals surface area (Å²) >= 11 is 0. The minimum absolute atomic E-state index is 0.305. The van der Waals surface area contributed by atoms with Gasteiger partial charge in [-0.05, 0) is 13.0 Å². The van der Waals surface area contributed by atoms with E-state index < -0.39 is 5.97 Å². The van der Waals surface area contributed by atoms with Gasteiger partial charge in [0.15, 0.2) is 0 Å². The third-order valence-electron chi connectivity index (χ3n) is 2.14. The number of hydrogen-bond donors (Lipinski definition) is 0. The normalized spacial score (nSPS) is 10.5. The second-order valence-electron chi connectivity index (χ2n) is 3.08. The first kappa shape index (κ1) is 9.64. The van der Waals surface area contributed by atoms with Gasteiger partial charge in [-0.3, -0.25) is 4.98 Å². The Hall–Kier alpha value is -1.91. The summed E-state index contributed by atoms with van der Waals surface area (Å²) in [6.07, 6.45) is 3.31. The lowest BCUT2D eigenvalue weighted by Crippen LogP contribution is -2.11. The molecule has 0 spiro atoms. The topological polar surface area (TPSA) is 57.0 Å². The van der Waals surface area contributed by atoms with Crippen molar-refractivity contribution in [1.29, 1.82) is 0 Å². The number of aryl methyl sites for hydroxylation is 1. The fraction of sp³-hybridized carbons (Fsp3) is 0.300. The number of nitrogens with zero attached hydrogens (tertiary/aromatic N) is 3. The largest absolute Gasteiger partial charge is 0.460 e. The monoisotopic (exact) mass is 205 g/mol. The van der Waals surface area contributed by atoms with Crippen LogP contribution in [0.1, 0.15) is 17.5 Å². The standard InChI is InChI=1S/C10H11N3O2/c1-3-15-10(14)9-12-7-4-5-11-6-8(7)13(9)2/h4-6H,3H2,1-2H3. The molecule has 78 valence electrons. The van der Waals surface area contributed by atoms with E-state index in [1.165, 1.54) is 0 Å². The minimum Gasteiger partial charge on any atom is -0.460 e. The van der Waals surface area contributed by atoms with E-state index in [1.54, 1.807) is 37.0 Å². The Labute approximate surface area is 86.7 Å². The second-order valence-corrected chi connectivity index (χ2v) is 3.08. The zero-order valence-corrected chi connectivity index (χ0v) is 8.60. The highest BCUT2D eigenvalue weighted by Gasteiger charge is 2.15. The van der Waals surface area contributed by atoms with Crippen LogP contribution in [0.4, 0.5) is 0 Å². The molecular formula is C10H11N3O2. The Morgan fingerprint density at radius 2 is 2.40 bits per heavy atom. The summed E-state index contributed by atoms with van der Waals surface area (Å²) in [6.45, 7) is 2.11. The van der Waals surface area contributed by atoms with Crippen LogP contribution in [0.25, 0.3) is 11.0 Å². The van der Waals surface area contributed by atoms with E-state index in [2.05, 4.69) is 9.97 Å². The van der Waals surface area contributed by atoms with Gasteiger partial charge in [0.1, 0.15) is 0 Å². The number of carbonyl (C=O) groups excluding carboxylic acids is 1. The summed E-state index contributed by atoms with van der Waals surface area (Å²) in [5, 5.41) is 0. The molecule has 0 aliphatic rings. The first-order valence-electron chi connectivity index (χ1n) is 4.67. The Bertz CT molecular complexity index is 504. The molecule has 5 heteroatoms. The quantitative estimate of drug-likeness (QED) is 0.690. The van der Waals surface area contributed by atoms with Gasteiger partial charge in [-0.2, -0.15) is 0 Å². The summed E-state index contributed by atoms with van der Waals surface area (Å²) in [7, 11) is 1.77. The molecule has 15 heavy (non-hydrogen) atoms. The molecule has 5 nitrogen and oxygen atoms in total. The number of esters is 1. The summed E-state index contributed by atoms with van der Waals surface area (Å²) in [5.74, 6) is -0.101. The van der Waals surface area contributed by atoms with E-state index >= 15 is 0 Å². The van der Waals surface area contributed by atoms with E-state index in [4.69, 9.17) is 4.74 Å². The first-order chi connectivity index (χ1) is 7.24. The fourth-order valence-corrected chi connectivity index (χ4v) is 1.41. The third kappa shape index (κ3) is 1.56. The molecule has 0 amide bonds. The molecule has 0 radical (unpaired) electrons. The molecule has 0 aromatic carbocycles. The molecule has 0 atom stereocenters. The highest BCUT2D eigenvalue weighted by molar-refractivity contribution is 5.90. The third-order valence-corrected chi connectivity index (χ3v) is 2.14. The lowest BCUT2D eigenvalue weighted by Gasteiger charge is -2.00. The highest BCUT2D eigenvalue weighted by Crippen LogP contribution is 2.13. The van der Waals surface area contributed by atoms with Crippen molar-refractivity contribution in [2.24, 2.45) is 7.05 Å². The van der Waals surface area contributed by atoms with Crippen molar-refractivity contribution in [3.8, 4) is 0 Å². The van der Waals surface area contributed by atoms with E-state index in [-0.39, 0.29) is 0 Å². The van der Waals surface area contributed by atoms with Gasteiger partial charge < -0.3 is 9.30 Å². The molecule has 0 saturated carbocycles. The molecule has 2 aromatic rings. The Morgan fingerprint density at radius 1 is 1.60 bits per heavy atom. The smallest absolute Gasteiger partial charge is 0.374 e. The minimum atomic E-state index is -0.406. The van der Waals surface area contributed by atoms with Gasteiger partial charge in [-0.25, -0.2) is 9.78 Å². The maximum Gasteiger partial charge on any atom is 0.374 e. The summed E-state index contributed by atoms with van der Waals surface area (Å²) in [6, 6.07) is 1.76. The number of rotatable bonds is 2. The van der Waals surface area contributed by atoms with Gasteiger partial charge >= 0.3 is 5.97 Å². The number of ether oxygens (including phenoxy) is 1. The lowest BCUT2D eigenvalue weighted by atomic mass is 10.4. The van der Waals surface area contributed by atoms with Gasteiger partial charge in [0.25, 0.3) is 0 Å². The average Bonchev–Trinajstić information content (AvgIpc) is 2.57. The van der Waals surface area contributed by atoms with Crippen molar-refractivity contribution < 1.29 is 9.53 Å². The van der Waals surface area contributed by atoms with Crippen LogP contribution in [0.3, 0.4) is 0 Å². The van der Waals surface area contributed by atoms with Crippen LogP contribution in [-0.4, -0.2) is 27.1 Å². The predicted octanol–water partition coefficient (Wildman–Crippen LogP) is 1.14. The molecule has 0 saturated heterocycles. The summed E-state index contributed by atoms with van der Waals surface area (Å²) in [4.78, 5) is 19.7. The van der Waals surface area contributed by atoms with Crippen molar-refractivity contribution in [3.63, 3.8) is 0 Å². The molecule has 0 bridgehead atoms. The molecule has 0 aliphatic heterocycles. The molecule has 2 rings (SSSR count). The molecule has 0 N–H and O–H groups in total. The van der Waals surface area contributed by atoms with Gasteiger partial charge in [-0.1, -0.05) is 0 Å². The SMILES string of the molecule is CCOC(=O)c1nc2ccncc2n1C. The van der Waals surface area contributed by atoms with E-state index in [9.17, 15) is 4.79 Å². The van der Waals surface area contributed by atoms with Crippen LogP contribution < -0.4 is 0 Å². The lowest BCUT2D eigenvalue weighted by molar-refractivity contribution is 0.0508. The zero-order chi connectivity index (χ0) is 10.8. The summed E-state index contributed by atoms with van der Waals surface area (Å²) in [5.41, 5.74) is 1.57. The number of hydrogen-bond acceptors (Lipinski definition) is 4. The Morgan fingerprint density at radius 3 is 3.07 bits per heavy atom. The van der Waals surface area contributed by atoms with Gasteiger partial charge in [0.2, 0.25) is 5.82 Å². The van der Waals surface area contributed by atoms with Crippen LogP contribution in [0.15, 0.2) is 18.5 Å². The van der Waals surface area contributed by atoms with Crippen LogP contribution >= 0.6 is 0 Å². The van der Waals surface area contributed by atoms with Crippen molar-refractivity contribution in [2.45, 2.75) is 6.92 Å². The fourth-order valence-electron chi connectivity index (χ4n) is 1.41. The maximum atomic E-state index is 11.5. The van der Waals surface area contributed by atoms with E-state index in [1.807, 2.05) is 0 Å². The molecular weight excluding hydrogens is 194 g/mol. The van der Waals surface area contributed by atoms with Crippen molar-refractivity contribution in [3.05, 3.63) is 24.3 Å². The molecule has 0 aliphatic carbocycles. The summed E-state index contributed by atoms with van der Waals surface area (Å²) < 4.78 is 6.58. The maximum absolute atomic E-state index is 11.5. The predicted molar refractivity (Wildman–Crippen MR) is 54.5 cm³/mol. The zero-order valence-electron chi connectivity index (χ0n) is 8.60.